The van der Waals surface area contributed by atoms with Crippen molar-refractivity contribution in [2.45, 2.75) is 19.2 Å². The quantitative estimate of drug-likeness (QED) is 0.663. The van der Waals surface area contributed by atoms with Crippen molar-refractivity contribution in [3.05, 3.63) is 33.7 Å². The van der Waals surface area contributed by atoms with Crippen LogP contribution in [0.4, 0.5) is 0 Å². The Kier molecular flexibility index (Phi) is 3.01. The van der Waals surface area contributed by atoms with E-state index < -0.39 is 0 Å². The van der Waals surface area contributed by atoms with E-state index in [0.717, 1.165) is 16.8 Å². The molecule has 74 valence electrons. The second-order valence-corrected chi connectivity index (χ2v) is 4.87. The van der Waals surface area contributed by atoms with Crippen LogP contribution in [0.5, 0.6) is 0 Å². The Morgan fingerprint density at radius 2 is 2.14 bits per heavy atom. The summed E-state index contributed by atoms with van der Waals surface area (Å²) >= 11 is 13.9. The molecule has 0 saturated carbocycles. The van der Waals surface area contributed by atoms with Crippen molar-refractivity contribution in [2.24, 2.45) is 0 Å². The van der Waals surface area contributed by atoms with Crippen LogP contribution in [0.3, 0.4) is 0 Å². The average molecular weight is 245 g/mol. The summed E-state index contributed by atoms with van der Waals surface area (Å²) in [6, 6.07) is 6.13. The molecule has 0 saturated heterocycles. The van der Waals surface area contributed by atoms with Gasteiger partial charge in [-0.1, -0.05) is 36.7 Å². The maximum absolute atomic E-state index is 6.25. The van der Waals surface area contributed by atoms with E-state index in [2.05, 4.69) is 19.1 Å². The van der Waals surface area contributed by atoms with Gasteiger partial charge in [-0.05, 0) is 12.0 Å². The van der Waals surface area contributed by atoms with Crippen LogP contribution in [0, 0.1) is 0 Å². The zero-order chi connectivity index (χ0) is 10.1. The van der Waals surface area contributed by atoms with E-state index in [1.54, 1.807) is 11.3 Å². The molecule has 0 fully saturated rings. The Hall–Kier alpha value is -0.240. The minimum Gasteiger partial charge on any atom is -0.138 e. The zero-order valence-electron chi connectivity index (χ0n) is 7.81. The molecule has 1 aromatic carbocycles. The molecule has 0 aliphatic heterocycles. The van der Waals surface area contributed by atoms with E-state index in [-0.39, 0.29) is 0 Å². The number of halogens is 2. The predicted molar refractivity (Wildman–Crippen MR) is 65.8 cm³/mol. The Balaban J connectivity index is 2.77. The van der Waals surface area contributed by atoms with E-state index in [0.29, 0.717) is 5.88 Å². The van der Waals surface area contributed by atoms with E-state index in [1.807, 2.05) is 6.07 Å². The van der Waals surface area contributed by atoms with Crippen molar-refractivity contribution >= 4 is 44.6 Å². The summed E-state index contributed by atoms with van der Waals surface area (Å²) in [5.41, 5.74) is 1.18. The van der Waals surface area contributed by atoms with Gasteiger partial charge >= 0.3 is 0 Å². The van der Waals surface area contributed by atoms with Gasteiger partial charge in [0.05, 0.1) is 5.02 Å². The summed E-state index contributed by atoms with van der Waals surface area (Å²) in [6.07, 6.45) is 0.986. The lowest BCUT2D eigenvalue weighted by Gasteiger charge is -1.96. The second kappa shape index (κ2) is 4.09. The highest BCUT2D eigenvalue weighted by atomic mass is 35.5. The highest BCUT2D eigenvalue weighted by Gasteiger charge is 2.10. The van der Waals surface area contributed by atoms with Gasteiger partial charge in [0.2, 0.25) is 0 Å². The van der Waals surface area contributed by atoms with Crippen molar-refractivity contribution < 1.29 is 0 Å². The standard InChI is InChI=1S/C11H10Cl2S/c1-2-9-10(13)8-5-3-4-7(6-12)11(8)14-9/h3-5H,2,6H2,1H3. The summed E-state index contributed by atoms with van der Waals surface area (Å²) in [6.45, 7) is 2.12. The van der Waals surface area contributed by atoms with Crippen LogP contribution in [-0.2, 0) is 12.3 Å². The lowest BCUT2D eigenvalue weighted by atomic mass is 10.2. The summed E-state index contributed by atoms with van der Waals surface area (Å²) in [7, 11) is 0. The Labute approximate surface area is 97.5 Å². The Bertz CT molecular complexity index is 460. The van der Waals surface area contributed by atoms with Crippen LogP contribution in [0.25, 0.3) is 10.1 Å². The van der Waals surface area contributed by atoms with Gasteiger partial charge in [-0.15, -0.1) is 22.9 Å². The SMILES string of the molecule is CCc1sc2c(CCl)cccc2c1Cl. The highest BCUT2D eigenvalue weighted by Crippen LogP contribution is 2.37. The fraction of sp³-hybridized carbons (Fsp3) is 0.273. The average Bonchev–Trinajstić information content (AvgIpc) is 2.55. The van der Waals surface area contributed by atoms with E-state index >= 15 is 0 Å². The van der Waals surface area contributed by atoms with Gasteiger partial charge in [-0.2, -0.15) is 0 Å². The molecule has 0 atom stereocenters. The van der Waals surface area contributed by atoms with Crippen LogP contribution in [0.1, 0.15) is 17.4 Å². The Morgan fingerprint density at radius 1 is 1.36 bits per heavy atom. The van der Waals surface area contributed by atoms with Gasteiger partial charge in [0.25, 0.3) is 0 Å². The minimum atomic E-state index is 0.553. The number of thiophene rings is 1. The van der Waals surface area contributed by atoms with Gasteiger partial charge in [0.15, 0.2) is 0 Å². The van der Waals surface area contributed by atoms with Gasteiger partial charge < -0.3 is 0 Å². The van der Waals surface area contributed by atoms with Crippen LogP contribution < -0.4 is 0 Å². The molecule has 3 heteroatoms. The lowest BCUT2D eigenvalue weighted by molar-refractivity contribution is 1.19. The lowest BCUT2D eigenvalue weighted by Crippen LogP contribution is -1.75. The number of fused-ring (bicyclic) bond motifs is 1. The molecule has 0 spiro atoms. The van der Waals surface area contributed by atoms with Crippen molar-refractivity contribution in [1.29, 1.82) is 0 Å². The molecule has 0 unspecified atom stereocenters. The van der Waals surface area contributed by atoms with Crippen LogP contribution in [-0.4, -0.2) is 0 Å². The minimum absolute atomic E-state index is 0.553. The molecule has 1 aromatic heterocycles. The van der Waals surface area contributed by atoms with E-state index in [4.69, 9.17) is 23.2 Å². The maximum Gasteiger partial charge on any atom is 0.0623 e. The van der Waals surface area contributed by atoms with Crippen molar-refractivity contribution in [1.82, 2.24) is 0 Å². The van der Waals surface area contributed by atoms with Gasteiger partial charge in [0.1, 0.15) is 0 Å². The molecule has 2 aromatic rings. The monoisotopic (exact) mass is 244 g/mol. The molecule has 0 N–H and O–H groups in total. The fourth-order valence-corrected chi connectivity index (χ4v) is 3.44. The topological polar surface area (TPSA) is 0 Å². The largest absolute Gasteiger partial charge is 0.138 e. The van der Waals surface area contributed by atoms with Crippen LogP contribution >= 0.6 is 34.5 Å². The molecule has 2 rings (SSSR count). The van der Waals surface area contributed by atoms with Gasteiger partial charge in [-0.3, -0.25) is 0 Å². The normalized spacial score (nSPS) is 11.1. The van der Waals surface area contributed by atoms with Crippen LogP contribution in [0.15, 0.2) is 18.2 Å². The molecule has 0 amide bonds. The molecule has 0 bridgehead atoms. The summed E-state index contributed by atoms with van der Waals surface area (Å²) in [5.74, 6) is 0.553. The third kappa shape index (κ3) is 1.54. The number of rotatable bonds is 2. The third-order valence-electron chi connectivity index (χ3n) is 2.27. The molecule has 0 nitrogen and oxygen atoms in total. The molecular weight excluding hydrogens is 235 g/mol. The summed E-state index contributed by atoms with van der Waals surface area (Å²) < 4.78 is 1.24. The number of hydrogen-bond donors (Lipinski definition) is 0. The first-order valence-corrected chi connectivity index (χ1v) is 6.25. The first-order valence-electron chi connectivity index (χ1n) is 4.52. The molecule has 0 radical (unpaired) electrons. The predicted octanol–water partition coefficient (Wildman–Crippen LogP) is 4.86. The van der Waals surface area contributed by atoms with Crippen molar-refractivity contribution in [2.75, 3.05) is 0 Å². The Morgan fingerprint density at radius 3 is 2.79 bits per heavy atom. The smallest absolute Gasteiger partial charge is 0.0623 e. The van der Waals surface area contributed by atoms with Gasteiger partial charge in [-0.25, -0.2) is 0 Å². The zero-order valence-corrected chi connectivity index (χ0v) is 10.1. The summed E-state index contributed by atoms with van der Waals surface area (Å²) in [5, 5.41) is 2.05. The first-order chi connectivity index (χ1) is 6.77. The van der Waals surface area contributed by atoms with E-state index in [1.165, 1.54) is 15.1 Å². The van der Waals surface area contributed by atoms with Crippen molar-refractivity contribution in [3.8, 4) is 0 Å². The third-order valence-corrected chi connectivity index (χ3v) is 4.53. The molecular formula is C11H10Cl2S. The molecule has 0 aliphatic carbocycles. The summed E-state index contributed by atoms with van der Waals surface area (Å²) in [4.78, 5) is 1.25. The van der Waals surface area contributed by atoms with Crippen molar-refractivity contribution in [3.63, 3.8) is 0 Å². The highest BCUT2D eigenvalue weighted by molar-refractivity contribution is 7.20. The number of hydrogen-bond acceptors (Lipinski definition) is 1. The number of benzene rings is 1. The van der Waals surface area contributed by atoms with Gasteiger partial charge in [0, 0.05) is 20.8 Å². The van der Waals surface area contributed by atoms with E-state index in [9.17, 15) is 0 Å². The number of alkyl halides is 1. The second-order valence-electron chi connectivity index (χ2n) is 3.12. The molecule has 0 aliphatic rings. The maximum atomic E-state index is 6.25. The number of aryl methyl sites for hydroxylation is 1. The molecule has 14 heavy (non-hydrogen) atoms. The first kappa shape index (κ1) is 10.3. The molecule has 1 heterocycles. The van der Waals surface area contributed by atoms with Crippen LogP contribution in [0.2, 0.25) is 5.02 Å². The fourth-order valence-electron chi connectivity index (χ4n) is 1.53.